The van der Waals surface area contributed by atoms with Gasteiger partial charge in [-0.05, 0) is 49.6 Å². The zero-order valence-corrected chi connectivity index (χ0v) is 8.40. The molecule has 1 aliphatic heterocycles. The van der Waals surface area contributed by atoms with Crippen LogP contribution in [-0.2, 0) is 0 Å². The van der Waals surface area contributed by atoms with E-state index in [0.29, 0.717) is 5.41 Å². The van der Waals surface area contributed by atoms with E-state index in [0.717, 1.165) is 11.8 Å². The van der Waals surface area contributed by atoms with E-state index in [2.05, 4.69) is 19.2 Å². The first kappa shape index (κ1) is 8.55. The maximum Gasteiger partial charge on any atom is -0.00172 e. The van der Waals surface area contributed by atoms with Gasteiger partial charge in [-0.15, -0.1) is 0 Å². The Morgan fingerprint density at radius 3 is 2.58 bits per heavy atom. The van der Waals surface area contributed by atoms with Crippen molar-refractivity contribution in [2.24, 2.45) is 17.3 Å². The molecule has 2 aliphatic rings. The first-order chi connectivity index (χ1) is 5.70. The van der Waals surface area contributed by atoms with Crippen LogP contribution in [0.15, 0.2) is 0 Å². The van der Waals surface area contributed by atoms with Gasteiger partial charge in [0.05, 0.1) is 0 Å². The van der Waals surface area contributed by atoms with Crippen molar-refractivity contribution in [2.75, 3.05) is 13.1 Å². The summed E-state index contributed by atoms with van der Waals surface area (Å²) in [6, 6.07) is 0. The summed E-state index contributed by atoms with van der Waals surface area (Å²) in [7, 11) is 0. The van der Waals surface area contributed by atoms with Gasteiger partial charge in [-0.1, -0.05) is 20.3 Å². The second-order valence-electron chi connectivity index (χ2n) is 5.24. The molecule has 1 N–H and O–H groups in total. The minimum atomic E-state index is 0.636. The smallest absolute Gasteiger partial charge is 0.00172 e. The van der Waals surface area contributed by atoms with Crippen LogP contribution in [0.1, 0.15) is 39.5 Å². The maximum absolute atomic E-state index is 3.49. The largest absolute Gasteiger partial charge is 0.316 e. The third-order valence-electron chi connectivity index (χ3n) is 4.01. The molecule has 1 saturated heterocycles. The summed E-state index contributed by atoms with van der Waals surface area (Å²) < 4.78 is 0. The molecule has 12 heavy (non-hydrogen) atoms. The van der Waals surface area contributed by atoms with Crippen molar-refractivity contribution in [3.05, 3.63) is 0 Å². The molecule has 0 aromatic rings. The van der Waals surface area contributed by atoms with Crippen molar-refractivity contribution in [3.63, 3.8) is 0 Å². The number of hydrogen-bond acceptors (Lipinski definition) is 1. The lowest BCUT2D eigenvalue weighted by Crippen LogP contribution is -2.27. The first-order valence-corrected chi connectivity index (χ1v) is 5.41. The Hall–Kier alpha value is -0.0400. The molecule has 0 bridgehead atoms. The van der Waals surface area contributed by atoms with Gasteiger partial charge in [-0.25, -0.2) is 0 Å². The standard InChI is InChI=1S/C11H21N/c1-11(2)6-3-4-10(11)9-5-7-12-8-9/h9-10,12H,3-8H2,1-2H3/t9-,10-/m0/s1. The molecule has 2 atom stereocenters. The van der Waals surface area contributed by atoms with Crippen molar-refractivity contribution in [2.45, 2.75) is 39.5 Å². The Labute approximate surface area is 75.9 Å². The molecule has 0 aromatic carbocycles. The van der Waals surface area contributed by atoms with E-state index in [1.54, 1.807) is 0 Å². The van der Waals surface area contributed by atoms with Crippen LogP contribution in [0, 0.1) is 17.3 Å². The third-order valence-corrected chi connectivity index (χ3v) is 4.01. The summed E-state index contributed by atoms with van der Waals surface area (Å²) >= 11 is 0. The molecule has 1 aliphatic carbocycles. The fraction of sp³-hybridized carbons (Fsp3) is 1.00. The van der Waals surface area contributed by atoms with E-state index in [1.807, 2.05) is 0 Å². The molecule has 0 amide bonds. The van der Waals surface area contributed by atoms with Crippen LogP contribution >= 0.6 is 0 Å². The van der Waals surface area contributed by atoms with E-state index in [9.17, 15) is 0 Å². The van der Waals surface area contributed by atoms with Gasteiger partial charge in [-0.2, -0.15) is 0 Å². The molecule has 1 nitrogen and oxygen atoms in total. The SMILES string of the molecule is CC1(C)CCC[C@H]1[C@H]1CCNC1. The Morgan fingerprint density at radius 1 is 1.25 bits per heavy atom. The zero-order chi connectivity index (χ0) is 8.60. The van der Waals surface area contributed by atoms with Crippen LogP contribution in [0.3, 0.4) is 0 Å². The Balaban J connectivity index is 2.02. The van der Waals surface area contributed by atoms with E-state index < -0.39 is 0 Å². The van der Waals surface area contributed by atoms with Crippen molar-refractivity contribution in [1.29, 1.82) is 0 Å². The third kappa shape index (κ3) is 1.39. The fourth-order valence-electron chi connectivity index (χ4n) is 3.25. The normalized spacial score (nSPS) is 40.5. The first-order valence-electron chi connectivity index (χ1n) is 5.41. The van der Waals surface area contributed by atoms with Crippen LogP contribution in [0.4, 0.5) is 0 Å². The molecule has 1 saturated carbocycles. The summed E-state index contributed by atoms with van der Waals surface area (Å²) in [5.41, 5.74) is 0.636. The van der Waals surface area contributed by atoms with Gasteiger partial charge in [-0.3, -0.25) is 0 Å². The Kier molecular flexibility index (Phi) is 2.16. The number of rotatable bonds is 1. The molecule has 1 heteroatoms. The summed E-state index contributed by atoms with van der Waals surface area (Å²) in [5.74, 6) is 2.00. The Bertz CT molecular complexity index is 156. The van der Waals surface area contributed by atoms with E-state index in [-0.39, 0.29) is 0 Å². The summed E-state index contributed by atoms with van der Waals surface area (Å²) in [5, 5.41) is 3.49. The van der Waals surface area contributed by atoms with Crippen molar-refractivity contribution in [1.82, 2.24) is 5.32 Å². The van der Waals surface area contributed by atoms with E-state index in [4.69, 9.17) is 0 Å². The van der Waals surface area contributed by atoms with Crippen LogP contribution in [0.5, 0.6) is 0 Å². The quantitative estimate of drug-likeness (QED) is 0.632. The van der Waals surface area contributed by atoms with Gasteiger partial charge in [0.15, 0.2) is 0 Å². The van der Waals surface area contributed by atoms with Gasteiger partial charge in [0.1, 0.15) is 0 Å². The Morgan fingerprint density at radius 2 is 2.08 bits per heavy atom. The lowest BCUT2D eigenvalue weighted by Gasteiger charge is -2.31. The molecule has 2 fully saturated rings. The second kappa shape index (κ2) is 3.02. The monoisotopic (exact) mass is 167 g/mol. The minimum absolute atomic E-state index is 0.636. The van der Waals surface area contributed by atoms with Crippen molar-refractivity contribution < 1.29 is 0 Å². The van der Waals surface area contributed by atoms with E-state index >= 15 is 0 Å². The fourth-order valence-corrected chi connectivity index (χ4v) is 3.25. The highest BCUT2D eigenvalue weighted by Crippen LogP contribution is 2.47. The lowest BCUT2D eigenvalue weighted by molar-refractivity contribution is 0.187. The molecular formula is C11H21N. The summed E-state index contributed by atoms with van der Waals surface area (Å²) in [4.78, 5) is 0. The predicted molar refractivity (Wildman–Crippen MR) is 52.1 cm³/mol. The van der Waals surface area contributed by atoms with E-state index in [1.165, 1.54) is 38.8 Å². The lowest BCUT2D eigenvalue weighted by atomic mass is 9.74. The molecule has 0 spiro atoms. The molecule has 0 aromatic heterocycles. The maximum atomic E-state index is 3.49. The highest BCUT2D eigenvalue weighted by molar-refractivity contribution is 4.91. The van der Waals surface area contributed by atoms with Gasteiger partial charge in [0.2, 0.25) is 0 Å². The average Bonchev–Trinajstić information content (AvgIpc) is 2.55. The minimum Gasteiger partial charge on any atom is -0.316 e. The second-order valence-corrected chi connectivity index (χ2v) is 5.24. The van der Waals surface area contributed by atoms with Crippen LogP contribution in [0.25, 0.3) is 0 Å². The topological polar surface area (TPSA) is 12.0 Å². The zero-order valence-electron chi connectivity index (χ0n) is 8.40. The van der Waals surface area contributed by atoms with Crippen LogP contribution in [-0.4, -0.2) is 13.1 Å². The molecule has 0 radical (unpaired) electrons. The van der Waals surface area contributed by atoms with Crippen molar-refractivity contribution >= 4 is 0 Å². The number of hydrogen-bond donors (Lipinski definition) is 1. The highest BCUT2D eigenvalue weighted by atomic mass is 14.9. The van der Waals surface area contributed by atoms with Crippen LogP contribution in [0.2, 0.25) is 0 Å². The van der Waals surface area contributed by atoms with Crippen LogP contribution < -0.4 is 5.32 Å². The molecule has 70 valence electrons. The summed E-state index contributed by atoms with van der Waals surface area (Å²) in [6.07, 6.45) is 5.83. The van der Waals surface area contributed by atoms with Crippen molar-refractivity contribution in [3.8, 4) is 0 Å². The van der Waals surface area contributed by atoms with Gasteiger partial charge in [0, 0.05) is 0 Å². The predicted octanol–water partition coefficient (Wildman–Crippen LogP) is 2.42. The van der Waals surface area contributed by atoms with Gasteiger partial charge >= 0.3 is 0 Å². The average molecular weight is 167 g/mol. The van der Waals surface area contributed by atoms with Gasteiger partial charge < -0.3 is 5.32 Å². The van der Waals surface area contributed by atoms with Gasteiger partial charge in [0.25, 0.3) is 0 Å². The molecular weight excluding hydrogens is 146 g/mol. The molecule has 2 rings (SSSR count). The highest BCUT2D eigenvalue weighted by Gasteiger charge is 2.39. The molecule has 1 heterocycles. The number of nitrogens with one attached hydrogen (secondary N) is 1. The molecule has 0 unspecified atom stereocenters. The summed E-state index contributed by atoms with van der Waals surface area (Å²) in [6.45, 7) is 7.47.